The Bertz CT molecular complexity index is 758. The molecule has 2 rings (SSSR count). The van der Waals surface area contributed by atoms with Gasteiger partial charge >= 0.3 is 0 Å². The first kappa shape index (κ1) is 18.9. The lowest BCUT2D eigenvalue weighted by Crippen LogP contribution is -2.36. The molecule has 0 saturated carbocycles. The number of carbonyl (C=O) groups is 1. The van der Waals surface area contributed by atoms with Crippen LogP contribution in [0.2, 0.25) is 0 Å². The van der Waals surface area contributed by atoms with Crippen molar-refractivity contribution in [3.8, 4) is 6.07 Å². The van der Waals surface area contributed by atoms with E-state index in [9.17, 15) is 18.5 Å². The van der Waals surface area contributed by atoms with Crippen molar-refractivity contribution in [1.82, 2.24) is 0 Å². The van der Waals surface area contributed by atoms with Crippen LogP contribution in [0, 0.1) is 11.3 Å². The molecule has 1 aliphatic rings. The number of aryl methyl sites for hydroxylation is 1. The van der Waals surface area contributed by atoms with Crippen LogP contribution in [0.5, 0.6) is 0 Å². The van der Waals surface area contributed by atoms with Crippen molar-refractivity contribution in [2.24, 2.45) is 0 Å². The molecule has 1 amide bonds. The van der Waals surface area contributed by atoms with E-state index in [1.54, 1.807) is 13.8 Å². The Morgan fingerprint density at radius 1 is 1.17 bits per heavy atom. The van der Waals surface area contributed by atoms with Crippen molar-refractivity contribution in [2.45, 2.75) is 69.8 Å². The highest BCUT2D eigenvalue weighted by molar-refractivity contribution is 7.93. The number of fused-ring (bicyclic) bond motifs is 1. The van der Waals surface area contributed by atoms with E-state index in [1.165, 1.54) is 24.7 Å². The fraction of sp³-hybridized carbons (Fsp3) is 0.647. The summed E-state index contributed by atoms with van der Waals surface area (Å²) in [6.07, 6.45) is 6.25. The summed E-state index contributed by atoms with van der Waals surface area (Å²) < 4.78 is 24.4. The summed E-state index contributed by atoms with van der Waals surface area (Å²) in [6, 6.07) is 2.20. The minimum absolute atomic E-state index is 0.500. The van der Waals surface area contributed by atoms with Crippen LogP contribution in [-0.2, 0) is 27.5 Å². The van der Waals surface area contributed by atoms with Gasteiger partial charge in [0.2, 0.25) is 5.91 Å². The normalized spacial score (nSPS) is 16.6. The van der Waals surface area contributed by atoms with Crippen molar-refractivity contribution in [3.63, 3.8) is 0 Å². The average Bonchev–Trinajstić information content (AvgIpc) is 2.81. The largest absolute Gasteiger partial charge is 0.315 e. The van der Waals surface area contributed by atoms with Crippen LogP contribution < -0.4 is 5.32 Å². The van der Waals surface area contributed by atoms with Crippen LogP contribution in [0.4, 0.5) is 5.00 Å². The quantitative estimate of drug-likeness (QED) is 0.882. The van der Waals surface area contributed by atoms with Gasteiger partial charge < -0.3 is 5.32 Å². The van der Waals surface area contributed by atoms with E-state index in [2.05, 4.69) is 11.4 Å². The fourth-order valence-electron chi connectivity index (χ4n) is 2.90. The second kappa shape index (κ2) is 7.66. The Balaban J connectivity index is 2.28. The number of amides is 1. The Hall–Kier alpha value is -1.39. The monoisotopic (exact) mass is 368 g/mol. The SMILES string of the molecule is CC(C)S(=O)(=O)[C@@H](C)C(=O)Nc1sc2c(c1C#N)CCCCCC2. The van der Waals surface area contributed by atoms with Crippen LogP contribution in [0.1, 0.15) is 62.5 Å². The van der Waals surface area contributed by atoms with Crippen molar-refractivity contribution in [3.05, 3.63) is 16.0 Å². The molecule has 0 unspecified atom stereocenters. The highest BCUT2D eigenvalue weighted by atomic mass is 32.2. The van der Waals surface area contributed by atoms with Crippen LogP contribution in [-0.4, -0.2) is 24.8 Å². The molecule has 1 aromatic heterocycles. The number of hydrogen-bond acceptors (Lipinski definition) is 5. The zero-order valence-electron chi connectivity index (χ0n) is 14.4. The third kappa shape index (κ3) is 3.81. The maximum absolute atomic E-state index is 12.4. The van der Waals surface area contributed by atoms with Gasteiger partial charge in [-0.15, -0.1) is 11.3 Å². The van der Waals surface area contributed by atoms with E-state index in [1.807, 2.05) is 0 Å². The smallest absolute Gasteiger partial charge is 0.243 e. The first-order chi connectivity index (χ1) is 11.3. The summed E-state index contributed by atoms with van der Waals surface area (Å²) in [5.41, 5.74) is 1.55. The summed E-state index contributed by atoms with van der Waals surface area (Å²) in [4.78, 5) is 13.5. The van der Waals surface area contributed by atoms with Gasteiger partial charge in [0.1, 0.15) is 16.3 Å². The molecular formula is C17H24N2O3S2. The first-order valence-corrected chi connectivity index (χ1v) is 10.8. The van der Waals surface area contributed by atoms with Crippen molar-refractivity contribution >= 4 is 32.1 Å². The van der Waals surface area contributed by atoms with Crippen LogP contribution in [0.25, 0.3) is 0 Å². The van der Waals surface area contributed by atoms with Gasteiger partial charge in [-0.25, -0.2) is 8.42 Å². The second-order valence-electron chi connectivity index (χ2n) is 6.50. The van der Waals surface area contributed by atoms with Crippen LogP contribution in [0.15, 0.2) is 0 Å². The predicted molar refractivity (Wildman–Crippen MR) is 97.1 cm³/mol. The molecule has 0 saturated heterocycles. The second-order valence-corrected chi connectivity index (χ2v) is 10.4. The van der Waals surface area contributed by atoms with Crippen LogP contribution in [0.3, 0.4) is 0 Å². The van der Waals surface area contributed by atoms with Crippen molar-refractivity contribution in [1.29, 1.82) is 5.26 Å². The molecule has 5 nitrogen and oxygen atoms in total. The fourth-order valence-corrected chi connectivity index (χ4v) is 5.31. The lowest BCUT2D eigenvalue weighted by atomic mass is 9.97. The average molecular weight is 369 g/mol. The highest BCUT2D eigenvalue weighted by Crippen LogP contribution is 2.36. The zero-order valence-corrected chi connectivity index (χ0v) is 16.0. The zero-order chi connectivity index (χ0) is 17.9. The number of hydrogen-bond donors (Lipinski definition) is 1. The van der Waals surface area contributed by atoms with Gasteiger partial charge in [0.15, 0.2) is 9.84 Å². The van der Waals surface area contributed by atoms with Crippen molar-refractivity contribution in [2.75, 3.05) is 5.32 Å². The van der Waals surface area contributed by atoms with Gasteiger partial charge in [0, 0.05) is 4.88 Å². The molecule has 0 aliphatic heterocycles. The van der Waals surface area contributed by atoms with Gasteiger partial charge in [-0.3, -0.25) is 4.79 Å². The Kier molecular flexibility index (Phi) is 6.05. The minimum atomic E-state index is -3.52. The number of anilines is 1. The molecule has 0 radical (unpaired) electrons. The molecule has 24 heavy (non-hydrogen) atoms. The summed E-state index contributed by atoms with van der Waals surface area (Å²) >= 11 is 1.42. The molecule has 0 bridgehead atoms. The van der Waals surface area contributed by atoms with E-state index in [4.69, 9.17) is 0 Å². The number of sulfone groups is 1. The standard InChI is InChI=1S/C17H24N2O3S2/c1-11(2)24(21,22)12(3)16(20)19-17-14(10-18)13-8-6-4-5-7-9-15(13)23-17/h11-12H,4-9H2,1-3H3,(H,19,20)/t12-/m0/s1. The van der Waals surface area contributed by atoms with Gasteiger partial charge in [-0.1, -0.05) is 12.8 Å². The third-order valence-electron chi connectivity index (χ3n) is 4.54. The van der Waals surface area contributed by atoms with Crippen molar-refractivity contribution < 1.29 is 13.2 Å². The molecule has 1 heterocycles. The maximum Gasteiger partial charge on any atom is 0.243 e. The van der Waals surface area contributed by atoms with Gasteiger partial charge in [0.25, 0.3) is 0 Å². The van der Waals surface area contributed by atoms with Gasteiger partial charge in [0.05, 0.1) is 10.8 Å². The molecule has 7 heteroatoms. The Labute approximate surface area is 148 Å². The maximum atomic E-state index is 12.4. The van der Waals surface area contributed by atoms with E-state index in [0.717, 1.165) is 42.5 Å². The number of nitrogens with zero attached hydrogens (tertiary/aromatic N) is 1. The number of thiophene rings is 1. The predicted octanol–water partition coefficient (Wildman–Crippen LogP) is 3.43. The minimum Gasteiger partial charge on any atom is -0.315 e. The molecular weight excluding hydrogens is 344 g/mol. The molecule has 132 valence electrons. The van der Waals surface area contributed by atoms with E-state index >= 15 is 0 Å². The molecule has 1 aliphatic carbocycles. The molecule has 1 aromatic rings. The number of nitrogens with one attached hydrogen (secondary N) is 1. The number of carbonyl (C=O) groups excluding carboxylic acids is 1. The lowest BCUT2D eigenvalue weighted by molar-refractivity contribution is -0.115. The van der Waals surface area contributed by atoms with Gasteiger partial charge in [-0.05, 0) is 52.0 Å². The van der Waals surface area contributed by atoms with E-state index in [0.29, 0.717) is 10.6 Å². The summed E-state index contributed by atoms with van der Waals surface area (Å²) in [6.45, 7) is 4.54. The number of rotatable bonds is 4. The van der Waals surface area contributed by atoms with E-state index < -0.39 is 26.2 Å². The molecule has 0 aromatic carbocycles. The van der Waals surface area contributed by atoms with Gasteiger partial charge in [-0.2, -0.15) is 5.26 Å². The summed E-state index contributed by atoms with van der Waals surface area (Å²) in [5, 5.41) is 11.0. The van der Waals surface area contributed by atoms with E-state index in [-0.39, 0.29) is 0 Å². The lowest BCUT2D eigenvalue weighted by Gasteiger charge is -2.15. The third-order valence-corrected chi connectivity index (χ3v) is 8.26. The summed E-state index contributed by atoms with van der Waals surface area (Å²) in [5.74, 6) is -0.561. The molecule has 1 atom stereocenters. The first-order valence-electron chi connectivity index (χ1n) is 8.37. The van der Waals surface area contributed by atoms with Crippen LogP contribution >= 0.6 is 11.3 Å². The topological polar surface area (TPSA) is 87.0 Å². The molecule has 1 N–H and O–H groups in total. The Morgan fingerprint density at radius 2 is 1.79 bits per heavy atom. The Morgan fingerprint density at radius 3 is 2.38 bits per heavy atom. The number of nitriles is 1. The molecule has 0 spiro atoms. The highest BCUT2D eigenvalue weighted by Gasteiger charge is 2.32. The summed E-state index contributed by atoms with van der Waals surface area (Å²) in [7, 11) is -3.52. The molecule has 0 fully saturated rings.